The van der Waals surface area contributed by atoms with Crippen molar-refractivity contribution >= 4 is 60.6 Å². The molecule has 6 nitrogen and oxygen atoms in total. The highest BCUT2D eigenvalue weighted by Crippen LogP contribution is 2.34. The van der Waals surface area contributed by atoms with Gasteiger partial charge in [0.15, 0.2) is 11.5 Å². The highest BCUT2D eigenvalue weighted by atomic mass is 79.9. The molecule has 9 heteroatoms. The van der Waals surface area contributed by atoms with Gasteiger partial charge in [-0.1, -0.05) is 59.6 Å². The summed E-state index contributed by atoms with van der Waals surface area (Å²) in [6.45, 7) is 6.76. The first kappa shape index (κ1) is 27.4. The molecule has 0 saturated carbocycles. The Morgan fingerprint density at radius 1 is 1.08 bits per heavy atom. The van der Waals surface area contributed by atoms with E-state index in [9.17, 15) is 4.79 Å². The van der Waals surface area contributed by atoms with Crippen LogP contribution in [0.25, 0.3) is 10.9 Å². The van der Waals surface area contributed by atoms with E-state index in [0.717, 1.165) is 26.5 Å². The van der Waals surface area contributed by atoms with Gasteiger partial charge in [0.1, 0.15) is 12.4 Å². The molecule has 0 fully saturated rings. The van der Waals surface area contributed by atoms with Gasteiger partial charge in [-0.2, -0.15) is 9.78 Å². The van der Waals surface area contributed by atoms with Crippen LogP contribution in [0.5, 0.6) is 11.5 Å². The molecule has 1 heterocycles. The quantitative estimate of drug-likeness (QED) is 0.173. The Morgan fingerprint density at radius 2 is 1.84 bits per heavy atom. The lowest BCUT2D eigenvalue weighted by atomic mass is 10.1. The highest BCUT2D eigenvalue weighted by Gasteiger charge is 2.16. The number of benzene rings is 3. The smallest absolute Gasteiger partial charge is 0.282 e. The average Bonchev–Trinajstić information content (AvgIpc) is 2.89. The fourth-order valence-corrected chi connectivity index (χ4v) is 4.68. The molecule has 3 aromatic carbocycles. The van der Waals surface area contributed by atoms with Gasteiger partial charge in [0, 0.05) is 31.0 Å². The van der Waals surface area contributed by atoms with Crippen molar-refractivity contribution in [2.75, 3.05) is 6.61 Å². The van der Waals surface area contributed by atoms with Crippen molar-refractivity contribution in [1.82, 2.24) is 9.66 Å². The maximum absolute atomic E-state index is 13.4. The molecule has 192 valence electrons. The molecule has 4 aromatic rings. The van der Waals surface area contributed by atoms with Crippen molar-refractivity contribution < 1.29 is 9.47 Å². The maximum atomic E-state index is 13.4. The molecule has 0 aliphatic heterocycles. The van der Waals surface area contributed by atoms with Crippen molar-refractivity contribution in [3.8, 4) is 11.5 Å². The number of fused-ring (bicyclic) bond motifs is 1. The molecule has 0 aliphatic rings. The van der Waals surface area contributed by atoms with E-state index < -0.39 is 0 Å². The van der Waals surface area contributed by atoms with Gasteiger partial charge in [-0.05, 0) is 65.7 Å². The number of aromatic nitrogens is 2. The zero-order valence-corrected chi connectivity index (χ0v) is 24.6. The van der Waals surface area contributed by atoms with E-state index in [1.54, 1.807) is 12.3 Å². The summed E-state index contributed by atoms with van der Waals surface area (Å²) in [6, 6.07) is 16.7. The number of hydrogen-bond donors (Lipinski definition) is 0. The molecular formula is C28H26Br2ClN3O3. The molecule has 4 rings (SSSR count). The normalized spacial score (nSPS) is 12.3. The Morgan fingerprint density at radius 3 is 2.57 bits per heavy atom. The standard InChI is InChI=1S/C28H26Br2ClN3O3/c1-4-17(3)27-33-24-11-10-20(29)13-21(24)28(35)34(27)32-15-19-12-25(36-5-2)26(14-22(19)30)37-16-18-8-6-7-9-23(18)31/h6-15,17H,4-5,16H2,1-3H3/t17-/m0/s1. The van der Waals surface area contributed by atoms with E-state index >= 15 is 0 Å². The third-order valence-electron chi connectivity index (χ3n) is 5.90. The van der Waals surface area contributed by atoms with Crippen molar-refractivity contribution in [3.63, 3.8) is 0 Å². The Balaban J connectivity index is 1.73. The van der Waals surface area contributed by atoms with Crippen LogP contribution in [0.15, 0.2) is 73.4 Å². The van der Waals surface area contributed by atoms with Gasteiger partial charge in [-0.15, -0.1) is 0 Å². The predicted octanol–water partition coefficient (Wildman–Crippen LogP) is 7.95. The number of nitrogens with zero attached hydrogens (tertiary/aromatic N) is 3. The molecule has 1 aromatic heterocycles. The summed E-state index contributed by atoms with van der Waals surface area (Å²) in [7, 11) is 0. The molecule has 0 spiro atoms. The minimum Gasteiger partial charge on any atom is -0.490 e. The van der Waals surface area contributed by atoms with Gasteiger partial charge < -0.3 is 9.47 Å². The van der Waals surface area contributed by atoms with Crippen molar-refractivity contribution in [2.45, 2.75) is 39.7 Å². The second kappa shape index (κ2) is 12.2. The Kier molecular flexibility index (Phi) is 9.05. The van der Waals surface area contributed by atoms with Crippen molar-refractivity contribution in [3.05, 3.63) is 95.9 Å². The van der Waals surface area contributed by atoms with Crippen LogP contribution in [0.1, 0.15) is 50.1 Å². The molecule has 0 aliphatic carbocycles. The maximum Gasteiger partial charge on any atom is 0.282 e. The highest BCUT2D eigenvalue weighted by molar-refractivity contribution is 9.10. The molecule has 37 heavy (non-hydrogen) atoms. The molecular weight excluding hydrogens is 622 g/mol. The van der Waals surface area contributed by atoms with E-state index in [0.29, 0.717) is 46.5 Å². The predicted molar refractivity (Wildman–Crippen MR) is 156 cm³/mol. The van der Waals surface area contributed by atoms with E-state index in [4.69, 9.17) is 26.1 Å². The number of ether oxygens (including phenoxy) is 2. The molecule has 1 atom stereocenters. The van der Waals surface area contributed by atoms with Gasteiger partial charge >= 0.3 is 0 Å². The minimum absolute atomic E-state index is 0.0425. The van der Waals surface area contributed by atoms with Gasteiger partial charge in [0.25, 0.3) is 5.56 Å². The van der Waals surface area contributed by atoms with E-state index in [-0.39, 0.29) is 11.5 Å². The number of halogens is 3. The second-order valence-electron chi connectivity index (χ2n) is 8.44. The molecule has 0 saturated heterocycles. The van der Waals surface area contributed by atoms with Crippen molar-refractivity contribution in [2.24, 2.45) is 5.10 Å². The second-order valence-corrected chi connectivity index (χ2v) is 10.6. The zero-order chi connectivity index (χ0) is 26.5. The van der Waals surface area contributed by atoms with E-state index in [1.807, 2.05) is 62.4 Å². The fourth-order valence-electron chi connectivity index (χ4n) is 3.70. The van der Waals surface area contributed by atoms with Gasteiger partial charge in [-0.3, -0.25) is 4.79 Å². The van der Waals surface area contributed by atoms with Gasteiger partial charge in [-0.25, -0.2) is 4.98 Å². The van der Waals surface area contributed by atoms with Gasteiger partial charge in [0.05, 0.1) is 23.7 Å². The lowest BCUT2D eigenvalue weighted by molar-refractivity contribution is 0.269. The SMILES string of the molecule is CCOc1cc(C=Nn2c([C@@H](C)CC)nc3ccc(Br)cc3c2=O)c(Br)cc1OCc1ccccc1Cl. The summed E-state index contributed by atoms with van der Waals surface area (Å²) >= 11 is 13.3. The van der Waals surface area contributed by atoms with Crippen LogP contribution < -0.4 is 15.0 Å². The fraction of sp³-hybridized carbons (Fsp3) is 0.250. The van der Waals surface area contributed by atoms with Crippen LogP contribution in [0.2, 0.25) is 5.02 Å². The summed E-state index contributed by atoms with van der Waals surface area (Å²) in [4.78, 5) is 18.2. The third-order valence-corrected chi connectivity index (χ3v) is 7.45. The zero-order valence-electron chi connectivity index (χ0n) is 20.7. The minimum atomic E-state index is -0.223. The van der Waals surface area contributed by atoms with Gasteiger partial charge in [0.2, 0.25) is 0 Å². The van der Waals surface area contributed by atoms with Crippen LogP contribution >= 0.6 is 43.5 Å². The first-order valence-corrected chi connectivity index (χ1v) is 13.9. The largest absolute Gasteiger partial charge is 0.490 e. The summed E-state index contributed by atoms with van der Waals surface area (Å²) in [5, 5.41) is 5.72. The first-order chi connectivity index (χ1) is 17.8. The van der Waals surface area contributed by atoms with E-state index in [2.05, 4.69) is 43.9 Å². The Hall–Kier alpha value is -2.68. The monoisotopic (exact) mass is 645 g/mol. The molecule has 0 amide bonds. The average molecular weight is 648 g/mol. The van der Waals surface area contributed by atoms with Crippen LogP contribution in [0, 0.1) is 0 Å². The summed E-state index contributed by atoms with van der Waals surface area (Å²) < 4.78 is 14.8. The first-order valence-electron chi connectivity index (χ1n) is 11.9. The van der Waals surface area contributed by atoms with E-state index in [1.165, 1.54) is 4.68 Å². The van der Waals surface area contributed by atoms with Crippen LogP contribution in [0.4, 0.5) is 0 Å². The van der Waals surface area contributed by atoms with Crippen LogP contribution in [-0.4, -0.2) is 22.5 Å². The van der Waals surface area contributed by atoms with Crippen molar-refractivity contribution in [1.29, 1.82) is 0 Å². The molecule has 0 unspecified atom stereocenters. The lowest BCUT2D eigenvalue weighted by Gasteiger charge is -2.15. The topological polar surface area (TPSA) is 65.7 Å². The number of rotatable bonds is 9. The molecule has 0 N–H and O–H groups in total. The Bertz CT molecular complexity index is 1520. The summed E-state index contributed by atoms with van der Waals surface area (Å²) in [5.74, 6) is 1.79. The number of hydrogen-bond acceptors (Lipinski definition) is 5. The third kappa shape index (κ3) is 6.25. The lowest BCUT2D eigenvalue weighted by Crippen LogP contribution is -2.23. The van der Waals surface area contributed by atoms with Crippen LogP contribution in [0.3, 0.4) is 0 Å². The Labute approximate surface area is 237 Å². The van der Waals surface area contributed by atoms with Crippen LogP contribution in [-0.2, 0) is 6.61 Å². The molecule has 0 radical (unpaired) electrons. The summed E-state index contributed by atoms with van der Waals surface area (Å²) in [5.41, 5.74) is 2.03. The summed E-state index contributed by atoms with van der Waals surface area (Å²) in [6.07, 6.45) is 2.45. The molecule has 0 bridgehead atoms.